The quantitative estimate of drug-likeness (QED) is 0.311. The molecular formula is C14H26N2O5+2. The third kappa shape index (κ3) is 2.07. The molecule has 0 saturated carbocycles. The van der Waals surface area contributed by atoms with Crippen LogP contribution in [0.4, 0.5) is 0 Å². The van der Waals surface area contributed by atoms with Gasteiger partial charge in [-0.3, -0.25) is 14.6 Å². The van der Waals surface area contributed by atoms with Gasteiger partial charge in [0.25, 0.3) is 0 Å². The zero-order chi connectivity index (χ0) is 15.6. The Morgan fingerprint density at radius 2 is 1.52 bits per heavy atom. The normalized spacial score (nSPS) is 49.2. The molecule has 0 unspecified atom stereocenters. The Bertz CT molecular complexity index is 417. The summed E-state index contributed by atoms with van der Waals surface area (Å²) in [6.45, 7) is 6.05. The summed E-state index contributed by atoms with van der Waals surface area (Å²) in [5, 5.41) is 38.9. The smallest absolute Gasteiger partial charge is 0.242 e. The van der Waals surface area contributed by atoms with Crippen molar-refractivity contribution in [1.29, 1.82) is 0 Å². The topological polar surface area (TPSA) is 107 Å². The molecule has 0 aliphatic carbocycles. The van der Waals surface area contributed by atoms with E-state index in [0.29, 0.717) is 32.0 Å². The summed E-state index contributed by atoms with van der Waals surface area (Å²) in [7, 11) is 0. The summed E-state index contributed by atoms with van der Waals surface area (Å²) < 4.78 is 0. The maximum Gasteiger partial charge on any atom is 0.242 e. The first-order valence-corrected chi connectivity index (χ1v) is 7.61. The predicted molar refractivity (Wildman–Crippen MR) is 71.5 cm³/mol. The van der Waals surface area contributed by atoms with Crippen molar-refractivity contribution in [2.75, 3.05) is 32.8 Å². The number of Topliss-reactive ketones (excluding diaryl/α,β-unsaturated/α-hetero) is 1. The number of carbonyl (C=O) groups is 1. The zero-order valence-electron chi connectivity index (χ0n) is 12.5. The first-order chi connectivity index (χ1) is 9.72. The lowest BCUT2D eigenvalue weighted by atomic mass is 9.61. The molecule has 0 amide bonds. The van der Waals surface area contributed by atoms with E-state index in [1.807, 2.05) is 13.8 Å². The standard InChI is InChI=1S/C14H24N2O5/c1-13-4-15-6-14(2,12(13)21)7-16(5-13)11(15)10(20)9(19)8(18)3-17/h8-11,17-20H,3-7H2,1-2H3/p+2/t8-,9+,10+,11?,13?,14?/m1/s1. The molecule has 4 aliphatic rings. The predicted octanol–water partition coefficient (Wildman–Crippen LogP) is -5.22. The van der Waals surface area contributed by atoms with Crippen molar-refractivity contribution in [3.63, 3.8) is 0 Å². The Morgan fingerprint density at radius 3 is 1.90 bits per heavy atom. The first kappa shape index (κ1) is 15.3. The van der Waals surface area contributed by atoms with E-state index in [0.717, 1.165) is 9.80 Å². The number of ketones is 1. The SMILES string of the molecule is CC12C[NH+]3CC(C)(C[NH+](C1)C3[C@@H](O)[C@@H](O)[C@H](O)CO)C2=O. The van der Waals surface area contributed by atoms with Crippen LogP contribution in [0.2, 0.25) is 0 Å². The van der Waals surface area contributed by atoms with Gasteiger partial charge in [0.1, 0.15) is 23.0 Å². The van der Waals surface area contributed by atoms with Crippen LogP contribution in [0.15, 0.2) is 0 Å². The highest BCUT2D eigenvalue weighted by atomic mass is 16.4. The molecule has 0 spiro atoms. The van der Waals surface area contributed by atoms with Crippen molar-refractivity contribution in [3.05, 3.63) is 0 Å². The lowest BCUT2D eigenvalue weighted by Crippen LogP contribution is -3.46. The van der Waals surface area contributed by atoms with Gasteiger partial charge in [-0.1, -0.05) is 0 Å². The number of carbonyl (C=O) groups excluding carboxylic acids is 1. The van der Waals surface area contributed by atoms with Crippen molar-refractivity contribution < 1.29 is 35.0 Å². The van der Waals surface area contributed by atoms with E-state index in [-0.39, 0.29) is 17.0 Å². The Morgan fingerprint density at radius 1 is 1.10 bits per heavy atom. The third-order valence-electron chi connectivity index (χ3n) is 5.72. The van der Waals surface area contributed by atoms with Gasteiger partial charge in [-0.25, -0.2) is 0 Å². The number of quaternary nitrogens is 2. The highest BCUT2D eigenvalue weighted by Crippen LogP contribution is 2.34. The molecular weight excluding hydrogens is 276 g/mol. The van der Waals surface area contributed by atoms with Crippen molar-refractivity contribution >= 4 is 5.78 Å². The fraction of sp³-hybridized carbons (Fsp3) is 0.929. The number of hydrogen-bond acceptors (Lipinski definition) is 5. The Labute approximate surface area is 123 Å². The number of hydrogen-bond donors (Lipinski definition) is 6. The minimum atomic E-state index is -1.37. The Balaban J connectivity index is 1.84. The van der Waals surface area contributed by atoms with Crippen molar-refractivity contribution in [2.45, 2.75) is 38.3 Å². The fourth-order valence-electron chi connectivity index (χ4n) is 5.05. The molecule has 4 rings (SSSR count). The van der Waals surface area contributed by atoms with Gasteiger partial charge in [0.15, 0.2) is 11.9 Å². The molecule has 7 nitrogen and oxygen atoms in total. The van der Waals surface area contributed by atoms with Gasteiger partial charge in [0.2, 0.25) is 6.17 Å². The minimum Gasteiger partial charge on any atom is -0.394 e. The number of piperidine rings is 2. The van der Waals surface area contributed by atoms with Gasteiger partial charge in [-0.05, 0) is 13.8 Å². The van der Waals surface area contributed by atoms with E-state index in [4.69, 9.17) is 5.11 Å². The van der Waals surface area contributed by atoms with Gasteiger partial charge < -0.3 is 20.4 Å². The summed E-state index contributed by atoms with van der Waals surface area (Å²) in [5.41, 5.74) is -0.709. The molecule has 6 N–H and O–H groups in total. The number of aliphatic hydroxyl groups is 4. The van der Waals surface area contributed by atoms with Crippen LogP contribution in [0.5, 0.6) is 0 Å². The van der Waals surface area contributed by atoms with Gasteiger partial charge in [-0.15, -0.1) is 0 Å². The third-order valence-corrected chi connectivity index (χ3v) is 5.72. The van der Waals surface area contributed by atoms with Crippen LogP contribution < -0.4 is 9.80 Å². The van der Waals surface area contributed by atoms with E-state index in [9.17, 15) is 20.1 Å². The minimum absolute atomic E-state index is 0.254. The summed E-state index contributed by atoms with van der Waals surface area (Å²) in [4.78, 5) is 14.8. The van der Waals surface area contributed by atoms with Crippen molar-refractivity contribution in [3.8, 4) is 0 Å². The van der Waals surface area contributed by atoms with Crippen LogP contribution in [-0.2, 0) is 4.79 Å². The van der Waals surface area contributed by atoms with Crippen molar-refractivity contribution in [1.82, 2.24) is 0 Å². The van der Waals surface area contributed by atoms with Crippen LogP contribution in [0.3, 0.4) is 0 Å². The molecule has 4 saturated heterocycles. The second-order valence-electron chi connectivity index (χ2n) is 7.68. The summed E-state index contributed by atoms with van der Waals surface area (Å²) >= 11 is 0. The fourth-order valence-corrected chi connectivity index (χ4v) is 5.05. The lowest BCUT2D eigenvalue weighted by Gasteiger charge is -2.59. The van der Waals surface area contributed by atoms with E-state index in [1.54, 1.807) is 0 Å². The maximum absolute atomic E-state index is 12.6. The Hall–Kier alpha value is -0.570. The van der Waals surface area contributed by atoms with Gasteiger partial charge in [0.05, 0.1) is 32.8 Å². The molecule has 0 radical (unpaired) electrons. The summed E-state index contributed by atoms with van der Waals surface area (Å²) in [6.07, 6.45) is -4.07. The average Bonchev–Trinajstić information content (AvgIpc) is 2.41. The van der Waals surface area contributed by atoms with E-state index < -0.39 is 24.9 Å². The van der Waals surface area contributed by atoms with E-state index >= 15 is 0 Å². The van der Waals surface area contributed by atoms with Crippen molar-refractivity contribution in [2.24, 2.45) is 10.8 Å². The molecule has 0 aromatic carbocycles. The number of rotatable bonds is 4. The van der Waals surface area contributed by atoms with E-state index in [1.165, 1.54) is 0 Å². The highest BCUT2D eigenvalue weighted by molar-refractivity contribution is 5.91. The number of aliphatic hydroxyl groups excluding tert-OH is 4. The molecule has 0 aromatic heterocycles. The molecule has 21 heavy (non-hydrogen) atoms. The maximum atomic E-state index is 12.6. The van der Waals surface area contributed by atoms with Gasteiger partial charge >= 0.3 is 0 Å². The van der Waals surface area contributed by atoms with Crippen LogP contribution in [0.1, 0.15) is 13.8 Å². The van der Waals surface area contributed by atoms with Crippen LogP contribution in [-0.4, -0.2) is 83.5 Å². The molecule has 120 valence electrons. The molecule has 4 fully saturated rings. The second kappa shape index (κ2) is 4.71. The number of nitrogens with one attached hydrogen (secondary N) is 2. The Kier molecular flexibility index (Phi) is 3.44. The average molecular weight is 302 g/mol. The van der Waals surface area contributed by atoms with Gasteiger partial charge in [0, 0.05) is 0 Å². The lowest BCUT2D eigenvalue weighted by molar-refractivity contribution is -1.17. The summed E-state index contributed by atoms with van der Waals surface area (Å²) in [5.74, 6) is 0.325. The monoisotopic (exact) mass is 302 g/mol. The van der Waals surface area contributed by atoms with Crippen LogP contribution in [0, 0.1) is 10.8 Å². The molecule has 4 bridgehead atoms. The molecule has 0 aromatic rings. The molecule has 4 aliphatic heterocycles. The largest absolute Gasteiger partial charge is 0.394 e. The molecule has 7 heteroatoms. The zero-order valence-corrected chi connectivity index (χ0v) is 12.5. The highest BCUT2D eigenvalue weighted by Gasteiger charge is 2.69. The van der Waals surface area contributed by atoms with E-state index in [2.05, 4.69) is 0 Å². The summed E-state index contributed by atoms with van der Waals surface area (Å²) in [6, 6.07) is 0. The van der Waals surface area contributed by atoms with Gasteiger partial charge in [-0.2, -0.15) is 0 Å². The second-order valence-corrected chi connectivity index (χ2v) is 7.68. The molecule has 3 atom stereocenters. The first-order valence-electron chi connectivity index (χ1n) is 7.61. The van der Waals surface area contributed by atoms with Crippen LogP contribution >= 0.6 is 0 Å². The molecule has 4 heterocycles. The van der Waals surface area contributed by atoms with Crippen LogP contribution in [0.25, 0.3) is 0 Å².